The Morgan fingerprint density at radius 3 is 2.84 bits per heavy atom. The highest BCUT2D eigenvalue weighted by Gasteiger charge is 2.42. The minimum atomic E-state index is -0.520. The lowest BCUT2D eigenvalue weighted by Gasteiger charge is -2.28. The summed E-state index contributed by atoms with van der Waals surface area (Å²) in [6.45, 7) is 6.10. The molecule has 1 unspecified atom stereocenters. The number of aromatic nitrogens is 2. The van der Waals surface area contributed by atoms with Crippen LogP contribution in [0.25, 0.3) is 0 Å². The minimum absolute atomic E-state index is 0.0350. The third-order valence-electron chi connectivity index (χ3n) is 3.70. The lowest BCUT2D eigenvalue weighted by Crippen LogP contribution is -2.50. The molecule has 2 rings (SSSR count). The SMILES string of the molecule is CC(C)Cc1cc(C(=O)NC(C)(CO)C2CC2)n[nH]1. The number of H-pyrrole nitrogens is 1. The molecule has 1 atom stereocenters. The topological polar surface area (TPSA) is 78.0 Å². The molecule has 1 heterocycles. The molecule has 0 aromatic carbocycles. The van der Waals surface area contributed by atoms with Gasteiger partial charge in [0.15, 0.2) is 0 Å². The largest absolute Gasteiger partial charge is 0.394 e. The van der Waals surface area contributed by atoms with Gasteiger partial charge in [-0.05, 0) is 44.1 Å². The molecule has 106 valence electrons. The number of carbonyl (C=O) groups is 1. The van der Waals surface area contributed by atoms with Crippen LogP contribution in [0.4, 0.5) is 0 Å². The quantitative estimate of drug-likeness (QED) is 0.729. The van der Waals surface area contributed by atoms with Crippen LogP contribution in [-0.4, -0.2) is 33.4 Å². The van der Waals surface area contributed by atoms with E-state index in [4.69, 9.17) is 0 Å². The van der Waals surface area contributed by atoms with Crippen LogP contribution in [0.1, 0.15) is 49.8 Å². The van der Waals surface area contributed by atoms with E-state index >= 15 is 0 Å². The molecule has 0 saturated heterocycles. The number of hydrogen-bond donors (Lipinski definition) is 3. The fourth-order valence-corrected chi connectivity index (χ4v) is 2.34. The molecule has 3 N–H and O–H groups in total. The zero-order valence-electron chi connectivity index (χ0n) is 11.9. The Balaban J connectivity index is 2.01. The van der Waals surface area contributed by atoms with Crippen molar-refractivity contribution in [2.75, 3.05) is 6.61 Å². The third-order valence-corrected chi connectivity index (χ3v) is 3.70. The van der Waals surface area contributed by atoms with E-state index in [1.54, 1.807) is 6.07 Å². The van der Waals surface area contributed by atoms with E-state index in [0.717, 1.165) is 25.0 Å². The molecule has 1 aromatic heterocycles. The van der Waals surface area contributed by atoms with E-state index in [1.807, 2.05) is 6.92 Å². The number of aromatic amines is 1. The van der Waals surface area contributed by atoms with Gasteiger partial charge in [0.05, 0.1) is 12.1 Å². The van der Waals surface area contributed by atoms with Crippen LogP contribution in [0.15, 0.2) is 6.07 Å². The van der Waals surface area contributed by atoms with Gasteiger partial charge in [-0.2, -0.15) is 5.10 Å². The van der Waals surface area contributed by atoms with Crippen LogP contribution in [-0.2, 0) is 6.42 Å². The summed E-state index contributed by atoms with van der Waals surface area (Å²) in [5, 5.41) is 19.3. The number of amides is 1. The van der Waals surface area contributed by atoms with E-state index in [1.165, 1.54) is 0 Å². The summed E-state index contributed by atoms with van der Waals surface area (Å²) >= 11 is 0. The summed E-state index contributed by atoms with van der Waals surface area (Å²) in [5.74, 6) is 0.691. The van der Waals surface area contributed by atoms with Crippen LogP contribution in [0.3, 0.4) is 0 Å². The summed E-state index contributed by atoms with van der Waals surface area (Å²) in [6.07, 6.45) is 3.01. The van der Waals surface area contributed by atoms with Crippen molar-refractivity contribution in [3.63, 3.8) is 0 Å². The maximum absolute atomic E-state index is 12.1. The molecule has 5 heteroatoms. The van der Waals surface area contributed by atoms with Crippen molar-refractivity contribution < 1.29 is 9.90 Å². The van der Waals surface area contributed by atoms with Gasteiger partial charge in [0.25, 0.3) is 5.91 Å². The fourth-order valence-electron chi connectivity index (χ4n) is 2.34. The maximum Gasteiger partial charge on any atom is 0.272 e. The first-order valence-corrected chi connectivity index (χ1v) is 6.92. The molecule has 5 nitrogen and oxygen atoms in total. The molecular formula is C14H23N3O2. The average molecular weight is 265 g/mol. The Bertz CT molecular complexity index is 451. The molecule has 1 aromatic rings. The minimum Gasteiger partial charge on any atom is -0.394 e. The van der Waals surface area contributed by atoms with Crippen molar-refractivity contribution in [2.24, 2.45) is 11.8 Å². The van der Waals surface area contributed by atoms with Crippen molar-refractivity contribution in [2.45, 2.75) is 45.6 Å². The summed E-state index contributed by atoms with van der Waals surface area (Å²) in [6, 6.07) is 1.79. The normalized spacial score (nSPS) is 18.4. The second kappa shape index (κ2) is 5.33. The monoisotopic (exact) mass is 265 g/mol. The molecule has 1 amide bonds. The number of aliphatic hydroxyl groups excluding tert-OH is 1. The highest BCUT2D eigenvalue weighted by atomic mass is 16.3. The fraction of sp³-hybridized carbons (Fsp3) is 0.714. The van der Waals surface area contributed by atoms with Crippen molar-refractivity contribution >= 4 is 5.91 Å². The van der Waals surface area contributed by atoms with Gasteiger partial charge in [0.2, 0.25) is 0 Å². The average Bonchev–Trinajstić information content (AvgIpc) is 3.10. The second-order valence-electron chi connectivity index (χ2n) is 6.18. The van der Waals surface area contributed by atoms with Crippen molar-refractivity contribution in [1.29, 1.82) is 0 Å². The number of hydrogen-bond acceptors (Lipinski definition) is 3. The summed E-state index contributed by atoms with van der Waals surface area (Å²) in [5.41, 5.74) is 0.849. The molecule has 0 radical (unpaired) electrons. The van der Waals surface area contributed by atoms with Crippen LogP contribution < -0.4 is 5.32 Å². The Morgan fingerprint density at radius 2 is 2.32 bits per heavy atom. The van der Waals surface area contributed by atoms with Gasteiger partial charge in [0.1, 0.15) is 5.69 Å². The van der Waals surface area contributed by atoms with Gasteiger partial charge in [0, 0.05) is 5.69 Å². The molecule has 1 aliphatic rings. The van der Waals surface area contributed by atoms with Crippen molar-refractivity contribution in [3.05, 3.63) is 17.5 Å². The standard InChI is InChI=1S/C14H23N3O2/c1-9(2)6-11-7-12(17-16-11)13(19)15-14(3,8-18)10-4-5-10/h7,9-10,18H,4-6,8H2,1-3H3,(H,15,19)(H,16,17). The first kappa shape index (κ1) is 14.1. The summed E-state index contributed by atoms with van der Waals surface area (Å²) in [7, 11) is 0. The predicted octanol–water partition coefficient (Wildman–Crippen LogP) is 1.50. The van der Waals surface area contributed by atoms with Crippen LogP contribution >= 0.6 is 0 Å². The summed E-state index contributed by atoms with van der Waals surface area (Å²) in [4.78, 5) is 12.1. The third kappa shape index (κ3) is 3.35. The highest BCUT2D eigenvalue weighted by Crippen LogP contribution is 2.39. The number of nitrogens with zero attached hydrogens (tertiary/aromatic N) is 1. The van der Waals surface area contributed by atoms with Crippen LogP contribution in [0, 0.1) is 11.8 Å². The molecule has 0 bridgehead atoms. The maximum atomic E-state index is 12.1. The van der Waals surface area contributed by atoms with E-state index in [-0.39, 0.29) is 12.5 Å². The first-order chi connectivity index (χ1) is 8.94. The van der Waals surface area contributed by atoms with E-state index in [0.29, 0.717) is 17.5 Å². The Labute approximate surface area is 113 Å². The molecule has 19 heavy (non-hydrogen) atoms. The molecule has 1 fully saturated rings. The second-order valence-corrected chi connectivity index (χ2v) is 6.18. The Hall–Kier alpha value is -1.36. The van der Waals surface area contributed by atoms with Crippen molar-refractivity contribution in [3.8, 4) is 0 Å². The van der Waals surface area contributed by atoms with Crippen molar-refractivity contribution in [1.82, 2.24) is 15.5 Å². The number of rotatable bonds is 6. The highest BCUT2D eigenvalue weighted by molar-refractivity contribution is 5.92. The van der Waals surface area contributed by atoms with Crippen LogP contribution in [0.2, 0.25) is 0 Å². The van der Waals surface area contributed by atoms with Crippen LogP contribution in [0.5, 0.6) is 0 Å². The first-order valence-electron chi connectivity index (χ1n) is 6.92. The lowest BCUT2D eigenvalue weighted by molar-refractivity contribution is 0.0819. The van der Waals surface area contributed by atoms with E-state index in [2.05, 4.69) is 29.4 Å². The Morgan fingerprint density at radius 1 is 1.63 bits per heavy atom. The summed E-state index contributed by atoms with van der Waals surface area (Å²) < 4.78 is 0. The van der Waals surface area contributed by atoms with Gasteiger partial charge in [-0.3, -0.25) is 9.89 Å². The smallest absolute Gasteiger partial charge is 0.272 e. The number of nitrogens with one attached hydrogen (secondary N) is 2. The lowest BCUT2D eigenvalue weighted by atomic mass is 9.97. The van der Waals surface area contributed by atoms with Gasteiger partial charge in [-0.15, -0.1) is 0 Å². The molecular weight excluding hydrogens is 242 g/mol. The zero-order valence-corrected chi connectivity index (χ0v) is 11.9. The molecule has 1 saturated carbocycles. The number of aliphatic hydroxyl groups is 1. The number of carbonyl (C=O) groups excluding carboxylic acids is 1. The van der Waals surface area contributed by atoms with E-state index < -0.39 is 5.54 Å². The van der Waals surface area contributed by atoms with E-state index in [9.17, 15) is 9.90 Å². The Kier molecular flexibility index (Phi) is 3.94. The van der Waals surface area contributed by atoms with Gasteiger partial charge >= 0.3 is 0 Å². The van der Waals surface area contributed by atoms with Gasteiger partial charge in [-0.1, -0.05) is 13.8 Å². The van der Waals surface area contributed by atoms with Gasteiger partial charge < -0.3 is 10.4 Å². The molecule has 1 aliphatic carbocycles. The molecule has 0 aliphatic heterocycles. The van der Waals surface area contributed by atoms with Gasteiger partial charge in [-0.25, -0.2) is 0 Å². The molecule has 0 spiro atoms. The predicted molar refractivity (Wildman–Crippen MR) is 72.8 cm³/mol. The zero-order chi connectivity index (χ0) is 14.0.